The van der Waals surface area contributed by atoms with Crippen LogP contribution in [0.2, 0.25) is 5.02 Å². The van der Waals surface area contributed by atoms with E-state index in [2.05, 4.69) is 55.3 Å². The molecule has 2 heterocycles. The fourth-order valence-electron chi connectivity index (χ4n) is 4.00. The van der Waals surface area contributed by atoms with Gasteiger partial charge in [0, 0.05) is 32.2 Å². The largest absolute Gasteiger partial charge is 0.368 e. The Morgan fingerprint density at radius 3 is 2.68 bits per heavy atom. The SMILES string of the molecule is C=CC(=O)Nc1cc(N2CCN(CC)CC2)c(Cl)cc1Nc1ncc(C#N)c(NC2CCC2)n1. The van der Waals surface area contributed by atoms with E-state index < -0.39 is 0 Å². The minimum atomic E-state index is -0.333. The number of hydrogen-bond donors (Lipinski definition) is 3. The van der Waals surface area contributed by atoms with E-state index in [0.29, 0.717) is 39.8 Å². The third-order valence-electron chi connectivity index (χ3n) is 6.29. The zero-order valence-electron chi connectivity index (χ0n) is 19.3. The highest BCUT2D eigenvalue weighted by molar-refractivity contribution is 6.34. The van der Waals surface area contributed by atoms with Gasteiger partial charge in [0.25, 0.3) is 0 Å². The lowest BCUT2D eigenvalue weighted by Crippen LogP contribution is -2.46. The topological polar surface area (TPSA) is 109 Å². The van der Waals surface area contributed by atoms with Gasteiger partial charge in [-0.2, -0.15) is 10.2 Å². The Bertz CT molecular complexity index is 1100. The predicted octanol–water partition coefficient (Wildman–Crippen LogP) is 3.98. The van der Waals surface area contributed by atoms with Gasteiger partial charge in [0.15, 0.2) is 0 Å². The van der Waals surface area contributed by atoms with Crippen molar-refractivity contribution in [3.63, 3.8) is 0 Å². The van der Waals surface area contributed by atoms with Crippen molar-refractivity contribution >= 4 is 46.3 Å². The Kier molecular flexibility index (Phi) is 7.50. The van der Waals surface area contributed by atoms with Crippen LogP contribution in [-0.4, -0.2) is 59.5 Å². The first-order valence-electron chi connectivity index (χ1n) is 11.6. The van der Waals surface area contributed by atoms with Crippen LogP contribution in [0.3, 0.4) is 0 Å². The standard InChI is InChI=1S/C24H29ClN8O/c1-3-22(34)29-20-13-21(33-10-8-32(4-2)9-11-33)18(25)12-19(20)30-24-27-15-16(14-26)23(31-24)28-17-6-5-7-17/h3,12-13,15,17H,1,4-11H2,2H3,(H,29,34)(H2,27,28,30,31). The van der Waals surface area contributed by atoms with Gasteiger partial charge in [-0.1, -0.05) is 25.1 Å². The number of nitrogens with one attached hydrogen (secondary N) is 3. The molecule has 0 spiro atoms. The van der Waals surface area contributed by atoms with Crippen LogP contribution in [0.25, 0.3) is 0 Å². The summed E-state index contributed by atoms with van der Waals surface area (Å²) < 4.78 is 0. The number of rotatable bonds is 8. The third kappa shape index (κ3) is 5.41. The summed E-state index contributed by atoms with van der Waals surface area (Å²) in [6.45, 7) is 10.3. The van der Waals surface area contributed by atoms with Crippen molar-refractivity contribution < 1.29 is 4.79 Å². The molecule has 9 nitrogen and oxygen atoms in total. The quantitative estimate of drug-likeness (QED) is 0.487. The van der Waals surface area contributed by atoms with Crippen molar-refractivity contribution in [1.82, 2.24) is 14.9 Å². The zero-order chi connectivity index (χ0) is 24.1. The van der Waals surface area contributed by atoms with Crippen LogP contribution in [0.1, 0.15) is 31.7 Å². The van der Waals surface area contributed by atoms with E-state index in [4.69, 9.17) is 11.6 Å². The minimum Gasteiger partial charge on any atom is -0.368 e. The molecule has 10 heteroatoms. The molecule has 1 aliphatic carbocycles. The lowest BCUT2D eigenvalue weighted by atomic mass is 9.93. The van der Waals surface area contributed by atoms with Gasteiger partial charge in [-0.05, 0) is 44.0 Å². The molecule has 2 fully saturated rings. The van der Waals surface area contributed by atoms with E-state index in [9.17, 15) is 10.1 Å². The molecule has 2 aliphatic rings. The van der Waals surface area contributed by atoms with Crippen molar-refractivity contribution in [2.24, 2.45) is 0 Å². The molecule has 1 aromatic heterocycles. The van der Waals surface area contributed by atoms with Crippen LogP contribution in [0.4, 0.5) is 28.8 Å². The Morgan fingerprint density at radius 1 is 1.29 bits per heavy atom. The first-order chi connectivity index (χ1) is 16.5. The summed E-state index contributed by atoms with van der Waals surface area (Å²) in [7, 11) is 0. The molecule has 1 amide bonds. The second-order valence-electron chi connectivity index (χ2n) is 8.43. The molecule has 1 saturated heterocycles. The van der Waals surface area contributed by atoms with Crippen molar-refractivity contribution in [2.45, 2.75) is 32.2 Å². The van der Waals surface area contributed by atoms with Crippen molar-refractivity contribution in [3.05, 3.63) is 41.6 Å². The smallest absolute Gasteiger partial charge is 0.247 e. The zero-order valence-corrected chi connectivity index (χ0v) is 20.0. The molecule has 1 aliphatic heterocycles. The molecular weight excluding hydrogens is 452 g/mol. The number of hydrogen-bond acceptors (Lipinski definition) is 8. The monoisotopic (exact) mass is 480 g/mol. The van der Waals surface area contributed by atoms with E-state index >= 15 is 0 Å². The van der Waals surface area contributed by atoms with E-state index in [0.717, 1.165) is 51.3 Å². The Hall–Kier alpha value is -3.35. The highest BCUT2D eigenvalue weighted by atomic mass is 35.5. The van der Waals surface area contributed by atoms with Crippen LogP contribution < -0.4 is 20.9 Å². The summed E-state index contributed by atoms with van der Waals surface area (Å²) in [6, 6.07) is 6.08. The number of carbonyl (C=O) groups excluding carboxylic acids is 1. The number of amides is 1. The van der Waals surface area contributed by atoms with E-state index in [1.807, 2.05) is 6.07 Å². The van der Waals surface area contributed by atoms with E-state index in [1.165, 1.54) is 18.7 Å². The average Bonchev–Trinajstić information content (AvgIpc) is 2.83. The number of likely N-dealkylation sites (N-methyl/N-ethyl adjacent to an activating group) is 1. The molecule has 178 valence electrons. The normalized spacial score (nSPS) is 16.3. The molecule has 1 aromatic carbocycles. The van der Waals surface area contributed by atoms with Crippen molar-refractivity contribution in [3.8, 4) is 6.07 Å². The minimum absolute atomic E-state index is 0.301. The number of aromatic nitrogens is 2. The second-order valence-corrected chi connectivity index (χ2v) is 8.84. The summed E-state index contributed by atoms with van der Waals surface area (Å²) in [4.78, 5) is 25.6. The molecule has 2 aromatic rings. The summed E-state index contributed by atoms with van der Waals surface area (Å²) in [5.74, 6) is 0.466. The Morgan fingerprint density at radius 2 is 2.06 bits per heavy atom. The van der Waals surface area contributed by atoms with Crippen LogP contribution in [0.15, 0.2) is 31.0 Å². The molecular formula is C24H29ClN8O. The Balaban J connectivity index is 1.62. The van der Waals surface area contributed by atoms with Crippen LogP contribution in [0, 0.1) is 11.3 Å². The number of nitrogens with zero attached hydrogens (tertiary/aromatic N) is 5. The van der Waals surface area contributed by atoms with Gasteiger partial charge < -0.3 is 25.8 Å². The van der Waals surface area contributed by atoms with Crippen molar-refractivity contribution in [2.75, 3.05) is 53.6 Å². The fraction of sp³-hybridized carbons (Fsp3) is 0.417. The van der Waals surface area contributed by atoms with E-state index in [-0.39, 0.29) is 5.91 Å². The number of carbonyl (C=O) groups is 1. The number of benzene rings is 1. The molecule has 0 radical (unpaired) electrons. The highest BCUT2D eigenvalue weighted by Crippen LogP contribution is 2.37. The van der Waals surface area contributed by atoms with Gasteiger partial charge in [-0.25, -0.2) is 4.98 Å². The van der Waals surface area contributed by atoms with Crippen LogP contribution in [-0.2, 0) is 4.79 Å². The van der Waals surface area contributed by atoms with Crippen LogP contribution in [0.5, 0.6) is 0 Å². The van der Waals surface area contributed by atoms with E-state index in [1.54, 1.807) is 6.07 Å². The lowest BCUT2D eigenvalue weighted by Gasteiger charge is -2.36. The van der Waals surface area contributed by atoms with Gasteiger partial charge in [0.05, 0.1) is 28.3 Å². The van der Waals surface area contributed by atoms with Gasteiger partial charge in [0.2, 0.25) is 11.9 Å². The molecule has 0 unspecified atom stereocenters. The number of anilines is 5. The number of halogens is 1. The second kappa shape index (κ2) is 10.7. The number of piperazine rings is 1. The highest BCUT2D eigenvalue weighted by Gasteiger charge is 2.22. The molecule has 0 bridgehead atoms. The first-order valence-corrected chi connectivity index (χ1v) is 11.9. The molecule has 3 N–H and O–H groups in total. The maximum absolute atomic E-state index is 12.2. The Labute approximate surface area is 204 Å². The molecule has 0 atom stereocenters. The van der Waals surface area contributed by atoms with Crippen molar-refractivity contribution in [1.29, 1.82) is 5.26 Å². The summed E-state index contributed by atoms with van der Waals surface area (Å²) in [6.07, 6.45) is 5.98. The number of nitriles is 1. The summed E-state index contributed by atoms with van der Waals surface area (Å²) >= 11 is 6.69. The molecule has 4 rings (SSSR count). The van der Waals surface area contributed by atoms with Gasteiger partial charge in [-0.3, -0.25) is 4.79 Å². The van der Waals surface area contributed by atoms with Gasteiger partial charge >= 0.3 is 0 Å². The molecule has 1 saturated carbocycles. The first kappa shape index (κ1) is 23.8. The summed E-state index contributed by atoms with van der Waals surface area (Å²) in [5, 5.41) is 19.3. The van der Waals surface area contributed by atoms with Gasteiger partial charge in [-0.15, -0.1) is 0 Å². The third-order valence-corrected chi connectivity index (χ3v) is 6.59. The fourth-order valence-corrected chi connectivity index (χ4v) is 4.28. The maximum Gasteiger partial charge on any atom is 0.247 e. The average molecular weight is 481 g/mol. The summed E-state index contributed by atoms with van der Waals surface area (Å²) in [5.41, 5.74) is 2.34. The lowest BCUT2D eigenvalue weighted by molar-refractivity contribution is -0.111. The van der Waals surface area contributed by atoms with Crippen LogP contribution >= 0.6 is 11.6 Å². The molecule has 34 heavy (non-hydrogen) atoms. The maximum atomic E-state index is 12.2. The van der Waals surface area contributed by atoms with Gasteiger partial charge in [0.1, 0.15) is 17.5 Å². The predicted molar refractivity (Wildman–Crippen MR) is 136 cm³/mol.